The van der Waals surface area contributed by atoms with Crippen LogP contribution in [0.2, 0.25) is 0 Å². The van der Waals surface area contributed by atoms with Crippen molar-refractivity contribution >= 4 is 11.8 Å². The summed E-state index contributed by atoms with van der Waals surface area (Å²) in [5.74, 6) is 0.271. The molecular formula is C14H16N2O3. The predicted octanol–water partition coefficient (Wildman–Crippen LogP) is 1.49. The number of carboxylic acid groups (broad SMARTS) is 1. The van der Waals surface area contributed by atoms with Crippen molar-refractivity contribution in [1.82, 2.24) is 4.98 Å². The zero-order valence-electron chi connectivity index (χ0n) is 10.6. The molecule has 0 bridgehead atoms. The van der Waals surface area contributed by atoms with Gasteiger partial charge in [-0.15, -0.1) is 0 Å². The maximum Gasteiger partial charge on any atom is 0.339 e. The molecule has 3 aliphatic rings. The van der Waals surface area contributed by atoms with Crippen molar-refractivity contribution in [2.75, 3.05) is 31.2 Å². The zero-order valence-corrected chi connectivity index (χ0v) is 10.6. The highest BCUT2D eigenvalue weighted by molar-refractivity contribution is 5.93. The van der Waals surface area contributed by atoms with Gasteiger partial charge in [-0.3, -0.25) is 0 Å². The number of anilines is 1. The Labute approximate surface area is 111 Å². The van der Waals surface area contributed by atoms with Crippen LogP contribution in [0, 0.1) is 5.41 Å². The third-order valence-corrected chi connectivity index (χ3v) is 4.34. The van der Waals surface area contributed by atoms with Gasteiger partial charge in [-0.05, 0) is 30.4 Å². The van der Waals surface area contributed by atoms with Gasteiger partial charge in [0.15, 0.2) is 0 Å². The molecule has 0 amide bonds. The molecule has 1 aromatic rings. The summed E-state index contributed by atoms with van der Waals surface area (Å²) in [4.78, 5) is 17.9. The first-order valence-corrected chi connectivity index (χ1v) is 6.73. The fraction of sp³-hybridized carbons (Fsp3) is 0.571. The van der Waals surface area contributed by atoms with Crippen LogP contribution in [0.5, 0.6) is 0 Å². The van der Waals surface area contributed by atoms with Gasteiger partial charge in [-0.2, -0.15) is 0 Å². The summed E-state index contributed by atoms with van der Waals surface area (Å²) in [6.45, 7) is 3.32. The van der Waals surface area contributed by atoms with Gasteiger partial charge in [0.05, 0.1) is 18.6 Å². The van der Waals surface area contributed by atoms with Gasteiger partial charge in [-0.25, -0.2) is 9.78 Å². The van der Waals surface area contributed by atoms with Crippen molar-refractivity contribution in [2.45, 2.75) is 18.8 Å². The van der Waals surface area contributed by atoms with Gasteiger partial charge in [0, 0.05) is 19.3 Å². The molecule has 1 saturated carbocycles. The fourth-order valence-corrected chi connectivity index (χ4v) is 3.01. The van der Waals surface area contributed by atoms with Crippen LogP contribution in [0.25, 0.3) is 0 Å². The molecule has 0 unspecified atom stereocenters. The van der Waals surface area contributed by atoms with Crippen molar-refractivity contribution in [2.24, 2.45) is 5.41 Å². The van der Waals surface area contributed by atoms with Crippen LogP contribution in [0.3, 0.4) is 0 Å². The molecule has 0 radical (unpaired) electrons. The molecule has 1 aromatic heterocycles. The smallest absolute Gasteiger partial charge is 0.339 e. The monoisotopic (exact) mass is 260 g/mol. The Morgan fingerprint density at radius 3 is 2.68 bits per heavy atom. The predicted molar refractivity (Wildman–Crippen MR) is 68.6 cm³/mol. The number of aromatic nitrogens is 1. The molecule has 1 aliphatic carbocycles. The lowest BCUT2D eigenvalue weighted by Gasteiger charge is -2.55. The highest BCUT2D eigenvalue weighted by Crippen LogP contribution is 2.43. The first-order valence-electron chi connectivity index (χ1n) is 6.73. The molecule has 100 valence electrons. The SMILES string of the molecule is O=C(O)c1cc(C2CC2)cnc1N1CC2(COC2)C1. The average Bonchev–Trinajstić information content (AvgIpc) is 3.09. The number of ether oxygens (including phenoxy) is 1. The van der Waals surface area contributed by atoms with Crippen molar-refractivity contribution < 1.29 is 14.6 Å². The van der Waals surface area contributed by atoms with Gasteiger partial charge in [-0.1, -0.05) is 0 Å². The summed E-state index contributed by atoms with van der Waals surface area (Å²) in [6, 6.07) is 1.81. The fourth-order valence-electron chi connectivity index (χ4n) is 3.01. The maximum atomic E-state index is 11.4. The van der Waals surface area contributed by atoms with Crippen LogP contribution < -0.4 is 4.90 Å². The molecule has 2 saturated heterocycles. The van der Waals surface area contributed by atoms with E-state index >= 15 is 0 Å². The molecule has 4 rings (SSSR count). The summed E-state index contributed by atoms with van der Waals surface area (Å²) >= 11 is 0. The molecule has 19 heavy (non-hydrogen) atoms. The van der Waals surface area contributed by atoms with E-state index < -0.39 is 5.97 Å². The number of hydrogen-bond acceptors (Lipinski definition) is 4. The van der Waals surface area contributed by atoms with E-state index in [0.29, 0.717) is 17.3 Å². The van der Waals surface area contributed by atoms with Gasteiger partial charge < -0.3 is 14.7 Å². The van der Waals surface area contributed by atoms with Crippen LogP contribution in [-0.2, 0) is 4.74 Å². The summed E-state index contributed by atoms with van der Waals surface area (Å²) in [7, 11) is 0. The molecule has 2 aliphatic heterocycles. The topological polar surface area (TPSA) is 62.7 Å². The molecule has 1 spiro atoms. The second-order valence-corrected chi connectivity index (χ2v) is 6.07. The number of nitrogens with zero attached hydrogens (tertiary/aromatic N) is 2. The van der Waals surface area contributed by atoms with E-state index in [1.807, 2.05) is 12.3 Å². The summed E-state index contributed by atoms with van der Waals surface area (Å²) in [5.41, 5.74) is 1.69. The first kappa shape index (κ1) is 11.2. The van der Waals surface area contributed by atoms with Crippen molar-refractivity contribution in [3.63, 3.8) is 0 Å². The molecule has 1 N–H and O–H groups in total. The number of hydrogen-bond donors (Lipinski definition) is 1. The van der Waals surface area contributed by atoms with Crippen LogP contribution in [0.4, 0.5) is 5.82 Å². The molecule has 0 atom stereocenters. The Hall–Kier alpha value is -1.62. The number of carbonyl (C=O) groups is 1. The Morgan fingerprint density at radius 1 is 1.42 bits per heavy atom. The van der Waals surface area contributed by atoms with Crippen LogP contribution in [0.15, 0.2) is 12.3 Å². The average molecular weight is 260 g/mol. The number of carboxylic acids is 1. The largest absolute Gasteiger partial charge is 0.478 e. The van der Waals surface area contributed by atoms with Crippen molar-refractivity contribution in [3.05, 3.63) is 23.4 Å². The molecule has 3 fully saturated rings. The van der Waals surface area contributed by atoms with E-state index in [1.165, 1.54) is 0 Å². The lowest BCUT2D eigenvalue weighted by molar-refractivity contribution is -0.127. The number of aromatic carboxylic acids is 1. The first-order chi connectivity index (χ1) is 9.17. The quantitative estimate of drug-likeness (QED) is 0.892. The van der Waals surface area contributed by atoms with Gasteiger partial charge in [0.25, 0.3) is 0 Å². The standard InChI is InChI=1S/C14H16N2O3/c17-13(18)11-3-10(9-1-2-9)4-15-12(11)16-5-14(6-16)7-19-8-14/h3-4,9H,1-2,5-8H2,(H,17,18). The highest BCUT2D eigenvalue weighted by Gasteiger charge is 2.50. The second kappa shape index (κ2) is 3.70. The van der Waals surface area contributed by atoms with Crippen molar-refractivity contribution in [1.29, 1.82) is 0 Å². The third kappa shape index (κ3) is 1.72. The maximum absolute atomic E-state index is 11.4. The molecule has 5 nitrogen and oxygen atoms in total. The Kier molecular flexibility index (Phi) is 2.18. The second-order valence-electron chi connectivity index (χ2n) is 6.07. The van der Waals surface area contributed by atoms with E-state index in [9.17, 15) is 9.90 Å². The zero-order chi connectivity index (χ0) is 13.0. The summed E-state index contributed by atoms with van der Waals surface area (Å²) in [6.07, 6.45) is 4.16. The minimum absolute atomic E-state index is 0.270. The molecule has 5 heteroatoms. The highest BCUT2D eigenvalue weighted by atomic mass is 16.5. The Morgan fingerprint density at radius 2 is 2.16 bits per heavy atom. The lowest BCUT2D eigenvalue weighted by Crippen LogP contribution is -2.66. The van der Waals surface area contributed by atoms with Gasteiger partial charge in [0.1, 0.15) is 11.4 Å². The third-order valence-electron chi connectivity index (χ3n) is 4.34. The van der Waals surface area contributed by atoms with E-state index in [4.69, 9.17) is 4.74 Å². The number of rotatable bonds is 3. The Balaban J connectivity index is 1.62. The van der Waals surface area contributed by atoms with Crippen LogP contribution >= 0.6 is 0 Å². The van der Waals surface area contributed by atoms with Gasteiger partial charge in [0.2, 0.25) is 0 Å². The summed E-state index contributed by atoms with van der Waals surface area (Å²) in [5, 5.41) is 9.37. The summed E-state index contributed by atoms with van der Waals surface area (Å²) < 4.78 is 5.24. The Bertz CT molecular complexity index is 542. The molecule has 0 aromatic carbocycles. The van der Waals surface area contributed by atoms with E-state index in [2.05, 4.69) is 9.88 Å². The molecule has 3 heterocycles. The minimum Gasteiger partial charge on any atom is -0.478 e. The van der Waals surface area contributed by atoms with E-state index in [-0.39, 0.29) is 5.41 Å². The van der Waals surface area contributed by atoms with E-state index in [1.54, 1.807) is 0 Å². The minimum atomic E-state index is -0.879. The van der Waals surface area contributed by atoms with E-state index in [0.717, 1.165) is 44.7 Å². The normalized spacial score (nSPS) is 23.9. The lowest BCUT2D eigenvalue weighted by atomic mass is 9.78. The van der Waals surface area contributed by atoms with Crippen LogP contribution in [-0.4, -0.2) is 42.4 Å². The number of pyridine rings is 1. The van der Waals surface area contributed by atoms with Crippen molar-refractivity contribution in [3.8, 4) is 0 Å². The molecular weight excluding hydrogens is 244 g/mol. The van der Waals surface area contributed by atoms with Crippen LogP contribution in [0.1, 0.15) is 34.7 Å². The van der Waals surface area contributed by atoms with Gasteiger partial charge >= 0.3 is 5.97 Å².